The Morgan fingerprint density at radius 2 is 2.12 bits per heavy atom. The van der Waals surface area contributed by atoms with Gasteiger partial charge in [0.1, 0.15) is 0 Å². The topological polar surface area (TPSA) is 68.0 Å². The van der Waals surface area contributed by atoms with Crippen molar-refractivity contribution in [3.8, 4) is 0 Å². The summed E-state index contributed by atoms with van der Waals surface area (Å²) >= 11 is 8.02. The molecule has 1 aromatic heterocycles. The predicted molar refractivity (Wildman–Crippen MR) is 87.3 cm³/mol. The lowest BCUT2D eigenvalue weighted by atomic mass is 10.1. The summed E-state index contributed by atoms with van der Waals surface area (Å²) in [6, 6.07) is 3.14. The summed E-state index contributed by atoms with van der Waals surface area (Å²) in [4.78, 5) is 11.9. The number of aromatic nitrogens is 2. The van der Waals surface area contributed by atoms with Crippen molar-refractivity contribution in [3.63, 3.8) is 0 Å². The number of nitrogens with one attached hydrogen (secondary N) is 1. The minimum absolute atomic E-state index is 0.0677. The molecule has 1 aromatic carbocycles. The van der Waals surface area contributed by atoms with Crippen molar-refractivity contribution in [3.05, 3.63) is 34.7 Å². The third kappa shape index (κ3) is 5.32. The van der Waals surface area contributed by atoms with Crippen molar-refractivity contribution in [2.45, 2.75) is 17.2 Å². The highest BCUT2D eigenvalue weighted by Crippen LogP contribution is 2.36. The third-order valence-corrected chi connectivity index (χ3v) is 4.19. The van der Waals surface area contributed by atoms with Crippen LogP contribution in [0.4, 0.5) is 18.9 Å². The van der Waals surface area contributed by atoms with Crippen molar-refractivity contribution >= 4 is 46.7 Å². The molecule has 0 atom stereocenters. The number of hydrogen-bond donors (Lipinski definition) is 1. The molecule has 11 heteroatoms. The van der Waals surface area contributed by atoms with Crippen molar-refractivity contribution in [1.29, 1.82) is 0 Å². The number of alkyl halides is 3. The SMILES string of the molecule is CSCc1nnc(SCC(=O)Nc2ccc(Cl)cc2C(F)(F)F)o1. The summed E-state index contributed by atoms with van der Waals surface area (Å²) in [6.45, 7) is 0. The zero-order valence-electron chi connectivity index (χ0n) is 12.2. The largest absolute Gasteiger partial charge is 0.418 e. The van der Waals surface area contributed by atoms with Crippen molar-refractivity contribution < 1.29 is 22.4 Å². The molecule has 1 N–H and O–H groups in total. The van der Waals surface area contributed by atoms with Gasteiger partial charge in [-0.15, -0.1) is 10.2 Å². The van der Waals surface area contributed by atoms with Crippen LogP contribution in [0.3, 0.4) is 0 Å². The van der Waals surface area contributed by atoms with E-state index in [1.807, 2.05) is 6.26 Å². The molecule has 1 amide bonds. The van der Waals surface area contributed by atoms with Gasteiger partial charge in [0.05, 0.1) is 22.8 Å². The quantitative estimate of drug-likeness (QED) is 0.731. The molecule has 0 saturated heterocycles. The van der Waals surface area contributed by atoms with Crippen LogP contribution in [0.5, 0.6) is 0 Å². The van der Waals surface area contributed by atoms with E-state index in [0.717, 1.165) is 23.9 Å². The Bertz CT molecular complexity index is 725. The van der Waals surface area contributed by atoms with Gasteiger partial charge in [0.2, 0.25) is 11.8 Å². The van der Waals surface area contributed by atoms with E-state index in [-0.39, 0.29) is 21.7 Å². The molecule has 0 radical (unpaired) electrons. The van der Waals surface area contributed by atoms with Crippen LogP contribution in [0.15, 0.2) is 27.8 Å². The molecule has 0 aliphatic rings. The summed E-state index contributed by atoms with van der Waals surface area (Å²) < 4.78 is 44.1. The Hall–Kier alpha value is -1.39. The van der Waals surface area contributed by atoms with Crippen LogP contribution in [0.1, 0.15) is 11.5 Å². The lowest BCUT2D eigenvalue weighted by Gasteiger charge is -2.13. The third-order valence-electron chi connectivity index (χ3n) is 2.60. The van der Waals surface area contributed by atoms with Crippen molar-refractivity contribution in [2.24, 2.45) is 0 Å². The van der Waals surface area contributed by atoms with Gasteiger partial charge in [-0.05, 0) is 24.5 Å². The van der Waals surface area contributed by atoms with Crippen LogP contribution < -0.4 is 5.32 Å². The monoisotopic (exact) mass is 397 g/mol. The van der Waals surface area contributed by atoms with E-state index in [9.17, 15) is 18.0 Å². The highest BCUT2D eigenvalue weighted by atomic mass is 35.5. The second kappa shape index (κ2) is 8.13. The maximum absolute atomic E-state index is 13.0. The number of benzene rings is 1. The minimum atomic E-state index is -4.63. The standard InChI is InChI=1S/C13H11ClF3N3O2S2/c1-23-6-11-19-20-12(22-11)24-5-10(21)18-9-3-2-7(14)4-8(9)13(15,16)17/h2-4H,5-6H2,1H3,(H,18,21). The Balaban J connectivity index is 1.99. The number of nitrogens with zero attached hydrogens (tertiary/aromatic N) is 2. The molecule has 1 heterocycles. The molecule has 2 rings (SSSR count). The lowest BCUT2D eigenvalue weighted by molar-refractivity contribution is -0.137. The molecular formula is C13H11ClF3N3O2S2. The summed E-state index contributed by atoms with van der Waals surface area (Å²) in [7, 11) is 0. The summed E-state index contributed by atoms with van der Waals surface area (Å²) in [5.74, 6) is 0.167. The first-order valence-corrected chi connectivity index (χ1v) is 9.16. The van der Waals surface area contributed by atoms with E-state index in [1.54, 1.807) is 0 Å². The smallest absolute Gasteiger partial charge is 0.415 e. The molecule has 130 valence electrons. The van der Waals surface area contributed by atoms with Gasteiger partial charge in [-0.1, -0.05) is 23.4 Å². The maximum Gasteiger partial charge on any atom is 0.418 e. The second-order valence-corrected chi connectivity index (χ2v) is 6.65. The van der Waals surface area contributed by atoms with Crippen LogP contribution in [0.25, 0.3) is 0 Å². The second-order valence-electron chi connectivity index (χ2n) is 4.42. The first kappa shape index (κ1) is 18.9. The molecule has 24 heavy (non-hydrogen) atoms. The maximum atomic E-state index is 13.0. The van der Waals surface area contributed by atoms with Crippen LogP contribution >= 0.6 is 35.1 Å². The molecule has 0 saturated carbocycles. The number of hydrogen-bond acceptors (Lipinski definition) is 6. The highest BCUT2D eigenvalue weighted by molar-refractivity contribution is 7.99. The van der Waals surface area contributed by atoms with Crippen LogP contribution in [0.2, 0.25) is 5.02 Å². The van der Waals surface area contributed by atoms with E-state index < -0.39 is 17.6 Å². The van der Waals surface area contributed by atoms with Gasteiger partial charge in [0, 0.05) is 5.02 Å². The highest BCUT2D eigenvalue weighted by Gasteiger charge is 2.34. The number of carbonyl (C=O) groups excluding carboxylic acids is 1. The van der Waals surface area contributed by atoms with Gasteiger partial charge in [0.15, 0.2) is 0 Å². The Morgan fingerprint density at radius 1 is 1.38 bits per heavy atom. The molecular weight excluding hydrogens is 387 g/mol. The fraction of sp³-hybridized carbons (Fsp3) is 0.308. The molecule has 0 bridgehead atoms. The first-order chi connectivity index (χ1) is 11.3. The minimum Gasteiger partial charge on any atom is -0.415 e. The Labute approximate surface area is 148 Å². The Morgan fingerprint density at radius 3 is 2.79 bits per heavy atom. The van der Waals surface area contributed by atoms with E-state index in [4.69, 9.17) is 16.0 Å². The number of anilines is 1. The van der Waals surface area contributed by atoms with Crippen LogP contribution in [-0.2, 0) is 16.7 Å². The van der Waals surface area contributed by atoms with E-state index >= 15 is 0 Å². The molecule has 0 unspecified atom stereocenters. The van der Waals surface area contributed by atoms with Crippen molar-refractivity contribution in [2.75, 3.05) is 17.3 Å². The summed E-state index contributed by atoms with van der Waals surface area (Å²) in [6.07, 6.45) is -2.76. The Kier molecular flexibility index (Phi) is 6.41. The number of rotatable bonds is 6. The molecule has 0 spiro atoms. The zero-order chi connectivity index (χ0) is 17.7. The number of amides is 1. The molecule has 5 nitrogen and oxygen atoms in total. The van der Waals surface area contributed by atoms with E-state index in [0.29, 0.717) is 11.6 Å². The average Bonchev–Trinajstić information content (AvgIpc) is 2.94. The van der Waals surface area contributed by atoms with Gasteiger partial charge in [-0.2, -0.15) is 24.9 Å². The van der Waals surface area contributed by atoms with E-state index in [1.165, 1.54) is 17.8 Å². The van der Waals surface area contributed by atoms with E-state index in [2.05, 4.69) is 15.5 Å². The fourth-order valence-corrected chi connectivity index (χ4v) is 2.77. The average molecular weight is 398 g/mol. The van der Waals surface area contributed by atoms with Gasteiger partial charge in [-0.3, -0.25) is 4.79 Å². The molecule has 2 aromatic rings. The number of carbonyl (C=O) groups is 1. The van der Waals surface area contributed by atoms with Gasteiger partial charge in [-0.25, -0.2) is 0 Å². The summed E-state index contributed by atoms with van der Waals surface area (Å²) in [5, 5.41) is 9.84. The van der Waals surface area contributed by atoms with Crippen LogP contribution in [0, 0.1) is 0 Å². The van der Waals surface area contributed by atoms with Crippen LogP contribution in [-0.4, -0.2) is 28.1 Å². The van der Waals surface area contributed by atoms with Gasteiger partial charge in [0.25, 0.3) is 5.22 Å². The molecule has 0 aliphatic heterocycles. The summed E-state index contributed by atoms with van der Waals surface area (Å²) in [5.41, 5.74) is -1.36. The fourth-order valence-electron chi connectivity index (χ4n) is 1.65. The molecule has 0 aliphatic carbocycles. The normalized spacial score (nSPS) is 11.5. The van der Waals surface area contributed by atoms with Crippen molar-refractivity contribution in [1.82, 2.24) is 10.2 Å². The number of thioether (sulfide) groups is 2. The molecule has 0 fully saturated rings. The predicted octanol–water partition coefficient (Wildman–Crippen LogP) is 4.34. The lowest BCUT2D eigenvalue weighted by Crippen LogP contribution is -2.18. The zero-order valence-corrected chi connectivity index (χ0v) is 14.6. The number of halogens is 4. The van der Waals surface area contributed by atoms with Gasteiger partial charge < -0.3 is 9.73 Å². The first-order valence-electron chi connectivity index (χ1n) is 6.40. The van der Waals surface area contributed by atoms with Gasteiger partial charge >= 0.3 is 6.18 Å².